The molecule has 0 atom stereocenters. The molecule has 1 aliphatic carbocycles. The third-order valence-electron chi connectivity index (χ3n) is 4.73. The van der Waals surface area contributed by atoms with Crippen LogP contribution in [-0.2, 0) is 14.6 Å². The largest absolute Gasteiger partial charge is 0.339 e. The monoisotopic (exact) mass is 441 g/mol. The minimum atomic E-state index is -3.51. The van der Waals surface area contributed by atoms with E-state index in [4.69, 9.17) is 0 Å². The predicted octanol–water partition coefficient (Wildman–Crippen LogP) is 3.66. The van der Waals surface area contributed by atoms with Gasteiger partial charge in [-0.05, 0) is 48.6 Å². The zero-order chi connectivity index (χ0) is 22.2. The molecule has 1 aliphatic rings. The van der Waals surface area contributed by atoms with Crippen LogP contribution in [-0.4, -0.2) is 35.5 Å². The standard InChI is InChI=1S/C21H20FN5O3S/c1-12(28)25-19-9-18(16(11-24-19)17-6-5-15(22)10-23-17)26-20-7-14(13-3-4-13)8-21(27-20)31(2,29)30/h5-11,13H,3-4H2,1-2H3,(H2,24,25,26,27,28). The number of nitrogens with one attached hydrogen (secondary N) is 2. The molecule has 160 valence electrons. The number of pyridine rings is 3. The number of hydrogen-bond acceptors (Lipinski definition) is 7. The summed E-state index contributed by atoms with van der Waals surface area (Å²) in [6.07, 6.45) is 5.70. The van der Waals surface area contributed by atoms with Gasteiger partial charge in [-0.15, -0.1) is 0 Å². The van der Waals surface area contributed by atoms with Crippen molar-refractivity contribution in [1.82, 2.24) is 15.0 Å². The van der Waals surface area contributed by atoms with Crippen LogP contribution in [0.3, 0.4) is 0 Å². The Morgan fingerprint density at radius 3 is 2.48 bits per heavy atom. The number of halogens is 1. The summed E-state index contributed by atoms with van der Waals surface area (Å²) in [6, 6.07) is 7.79. The van der Waals surface area contributed by atoms with Gasteiger partial charge in [0.2, 0.25) is 5.91 Å². The van der Waals surface area contributed by atoms with Gasteiger partial charge in [-0.25, -0.2) is 22.8 Å². The summed E-state index contributed by atoms with van der Waals surface area (Å²) in [7, 11) is -3.51. The van der Waals surface area contributed by atoms with Crippen LogP contribution in [0, 0.1) is 5.82 Å². The first kappa shape index (κ1) is 20.9. The first-order valence-corrected chi connectivity index (χ1v) is 11.5. The number of amides is 1. The van der Waals surface area contributed by atoms with Gasteiger partial charge in [0.1, 0.15) is 17.5 Å². The number of anilines is 3. The molecule has 3 aromatic heterocycles. The van der Waals surface area contributed by atoms with E-state index >= 15 is 0 Å². The number of hydrogen-bond donors (Lipinski definition) is 2. The van der Waals surface area contributed by atoms with Crippen molar-refractivity contribution in [1.29, 1.82) is 0 Å². The molecule has 0 spiro atoms. The zero-order valence-electron chi connectivity index (χ0n) is 16.9. The predicted molar refractivity (Wildman–Crippen MR) is 114 cm³/mol. The summed E-state index contributed by atoms with van der Waals surface area (Å²) in [5.74, 6) is 0.183. The fraction of sp³-hybridized carbons (Fsp3) is 0.238. The Hall–Kier alpha value is -3.40. The Kier molecular flexibility index (Phi) is 5.40. The Morgan fingerprint density at radius 2 is 1.87 bits per heavy atom. The van der Waals surface area contributed by atoms with Crippen LogP contribution < -0.4 is 10.6 Å². The van der Waals surface area contributed by atoms with Crippen molar-refractivity contribution in [3.05, 3.63) is 54.1 Å². The highest BCUT2D eigenvalue weighted by molar-refractivity contribution is 7.90. The van der Waals surface area contributed by atoms with Crippen LogP contribution in [0.1, 0.15) is 31.2 Å². The smallest absolute Gasteiger partial charge is 0.222 e. The Labute approximate surface area is 178 Å². The molecule has 3 aromatic rings. The van der Waals surface area contributed by atoms with E-state index in [1.807, 2.05) is 6.07 Å². The normalized spacial score (nSPS) is 13.6. The first-order valence-electron chi connectivity index (χ1n) is 9.57. The van der Waals surface area contributed by atoms with E-state index in [1.165, 1.54) is 25.3 Å². The fourth-order valence-corrected chi connectivity index (χ4v) is 3.73. The van der Waals surface area contributed by atoms with Gasteiger partial charge in [-0.2, -0.15) is 0 Å². The molecule has 1 saturated carbocycles. The highest BCUT2D eigenvalue weighted by atomic mass is 32.2. The topological polar surface area (TPSA) is 114 Å². The summed E-state index contributed by atoms with van der Waals surface area (Å²) in [5.41, 5.74) is 2.37. The molecular formula is C21H20FN5O3S. The van der Waals surface area contributed by atoms with E-state index in [0.29, 0.717) is 34.5 Å². The molecule has 1 amide bonds. The summed E-state index contributed by atoms with van der Waals surface area (Å²) < 4.78 is 37.6. The van der Waals surface area contributed by atoms with Gasteiger partial charge in [0, 0.05) is 31.0 Å². The molecule has 0 aliphatic heterocycles. The lowest BCUT2D eigenvalue weighted by molar-refractivity contribution is -0.114. The Bertz CT molecular complexity index is 1260. The molecule has 10 heteroatoms. The number of nitrogens with zero attached hydrogens (tertiary/aromatic N) is 3. The van der Waals surface area contributed by atoms with Crippen molar-refractivity contribution >= 4 is 33.1 Å². The van der Waals surface area contributed by atoms with Gasteiger partial charge in [0.25, 0.3) is 0 Å². The van der Waals surface area contributed by atoms with Crippen LogP contribution in [0.25, 0.3) is 11.3 Å². The van der Waals surface area contributed by atoms with Gasteiger partial charge in [-0.3, -0.25) is 9.78 Å². The number of carbonyl (C=O) groups excluding carboxylic acids is 1. The van der Waals surface area contributed by atoms with Gasteiger partial charge >= 0.3 is 0 Å². The van der Waals surface area contributed by atoms with E-state index in [9.17, 15) is 17.6 Å². The maximum atomic E-state index is 13.3. The number of aromatic nitrogens is 3. The highest BCUT2D eigenvalue weighted by Crippen LogP contribution is 2.41. The van der Waals surface area contributed by atoms with Crippen molar-refractivity contribution in [2.75, 3.05) is 16.9 Å². The first-order chi connectivity index (χ1) is 14.7. The number of sulfone groups is 1. The van der Waals surface area contributed by atoms with Gasteiger partial charge < -0.3 is 10.6 Å². The quantitative estimate of drug-likeness (QED) is 0.600. The third-order valence-corrected chi connectivity index (χ3v) is 5.70. The van der Waals surface area contributed by atoms with E-state index in [0.717, 1.165) is 30.9 Å². The van der Waals surface area contributed by atoms with Crippen LogP contribution in [0.2, 0.25) is 0 Å². The molecule has 3 heterocycles. The summed E-state index contributed by atoms with van der Waals surface area (Å²) in [5, 5.41) is 5.72. The van der Waals surface area contributed by atoms with Gasteiger partial charge in [-0.1, -0.05) is 0 Å². The second-order valence-corrected chi connectivity index (χ2v) is 9.42. The van der Waals surface area contributed by atoms with Crippen LogP contribution >= 0.6 is 0 Å². The molecule has 31 heavy (non-hydrogen) atoms. The Balaban J connectivity index is 1.79. The molecule has 2 N–H and O–H groups in total. The highest BCUT2D eigenvalue weighted by Gasteiger charge is 2.26. The molecule has 0 unspecified atom stereocenters. The summed E-state index contributed by atoms with van der Waals surface area (Å²) >= 11 is 0. The van der Waals surface area contributed by atoms with E-state index in [1.54, 1.807) is 12.1 Å². The molecule has 0 aromatic carbocycles. The molecule has 1 fully saturated rings. The maximum absolute atomic E-state index is 13.3. The average Bonchev–Trinajstić information content (AvgIpc) is 3.53. The average molecular weight is 441 g/mol. The minimum absolute atomic E-state index is 0.0167. The van der Waals surface area contributed by atoms with E-state index in [2.05, 4.69) is 25.6 Å². The molecule has 0 saturated heterocycles. The summed E-state index contributed by atoms with van der Waals surface area (Å²) in [4.78, 5) is 24.0. The Morgan fingerprint density at radius 1 is 1.10 bits per heavy atom. The van der Waals surface area contributed by atoms with Crippen LogP contribution in [0.4, 0.5) is 21.7 Å². The molecule has 0 radical (unpaired) electrons. The fourth-order valence-electron chi connectivity index (χ4n) is 3.12. The van der Waals surface area contributed by atoms with Crippen molar-refractivity contribution in [2.45, 2.75) is 30.7 Å². The van der Waals surface area contributed by atoms with Gasteiger partial charge in [0.15, 0.2) is 14.9 Å². The number of rotatable bonds is 6. The SMILES string of the molecule is CC(=O)Nc1cc(Nc2cc(C3CC3)cc(S(C)(=O)=O)n2)c(-c2ccc(F)cn2)cn1. The molecular weight excluding hydrogens is 421 g/mol. The molecule has 4 rings (SSSR count). The summed E-state index contributed by atoms with van der Waals surface area (Å²) in [6.45, 7) is 1.36. The van der Waals surface area contributed by atoms with Crippen molar-refractivity contribution < 1.29 is 17.6 Å². The van der Waals surface area contributed by atoms with Gasteiger partial charge in [0.05, 0.1) is 17.6 Å². The van der Waals surface area contributed by atoms with E-state index in [-0.39, 0.29) is 10.9 Å². The van der Waals surface area contributed by atoms with Crippen LogP contribution in [0.15, 0.2) is 47.8 Å². The van der Waals surface area contributed by atoms with E-state index < -0.39 is 15.7 Å². The molecule has 0 bridgehead atoms. The lowest BCUT2D eigenvalue weighted by atomic mass is 10.1. The van der Waals surface area contributed by atoms with Crippen molar-refractivity contribution in [3.63, 3.8) is 0 Å². The zero-order valence-corrected chi connectivity index (χ0v) is 17.7. The maximum Gasteiger partial charge on any atom is 0.222 e. The van der Waals surface area contributed by atoms with Crippen molar-refractivity contribution in [3.8, 4) is 11.3 Å². The second kappa shape index (κ2) is 8.03. The van der Waals surface area contributed by atoms with Crippen molar-refractivity contribution in [2.24, 2.45) is 0 Å². The lowest BCUT2D eigenvalue weighted by Crippen LogP contribution is -2.09. The lowest BCUT2D eigenvalue weighted by Gasteiger charge is -2.14. The molecule has 8 nitrogen and oxygen atoms in total. The minimum Gasteiger partial charge on any atom is -0.339 e. The third kappa shape index (κ3) is 5.02. The number of carbonyl (C=O) groups is 1. The second-order valence-electron chi connectivity index (χ2n) is 7.45. The van der Waals surface area contributed by atoms with Crippen LogP contribution in [0.5, 0.6) is 0 Å².